The number of unbranched alkanes of at least 4 members (excludes halogenated alkanes) is 15. The third-order valence-electron chi connectivity index (χ3n) is 7.80. The topological polar surface area (TPSA) is 3.24 Å². The fourth-order valence-corrected chi connectivity index (χ4v) is 12.6. The minimum absolute atomic E-state index is 0.898. The van der Waals surface area contributed by atoms with E-state index < -0.39 is 7.26 Å². The van der Waals surface area contributed by atoms with Crippen molar-refractivity contribution in [3.8, 4) is 0 Å². The van der Waals surface area contributed by atoms with Gasteiger partial charge in [-0.25, -0.2) is 0 Å². The predicted molar refractivity (Wildman–Crippen MR) is 151 cm³/mol. The van der Waals surface area contributed by atoms with Crippen LogP contribution in [0.4, 0.5) is 0 Å². The van der Waals surface area contributed by atoms with Crippen molar-refractivity contribution in [1.29, 1.82) is 0 Å². The molecule has 0 aromatic heterocycles. The standard InChI is InChI=1S/C29H64NP/c1-7-11-14-17-20-23-26-31(29(10-4)30(5)6,27-24-21-18-15-12-8-2)28-25-22-19-16-13-9-3/h29,31H,7-28H2,1-6H3. The van der Waals surface area contributed by atoms with Crippen molar-refractivity contribution in [2.75, 3.05) is 32.6 Å². The third-order valence-corrected chi connectivity index (χ3v) is 14.2. The van der Waals surface area contributed by atoms with Gasteiger partial charge in [0.25, 0.3) is 0 Å². The quantitative estimate of drug-likeness (QED) is 0.103. The monoisotopic (exact) mass is 457 g/mol. The van der Waals surface area contributed by atoms with Crippen LogP contribution >= 0.6 is 7.26 Å². The fraction of sp³-hybridized carbons (Fsp3) is 1.00. The van der Waals surface area contributed by atoms with Crippen molar-refractivity contribution in [2.24, 2.45) is 0 Å². The molecule has 0 aliphatic carbocycles. The molecule has 0 heterocycles. The van der Waals surface area contributed by atoms with Gasteiger partial charge in [-0.3, -0.25) is 0 Å². The molecule has 0 saturated carbocycles. The Bertz CT molecular complexity index is 314. The summed E-state index contributed by atoms with van der Waals surface area (Å²) in [5.74, 6) is 0.898. The maximum atomic E-state index is 2.65. The van der Waals surface area contributed by atoms with Crippen LogP contribution < -0.4 is 0 Å². The summed E-state index contributed by atoms with van der Waals surface area (Å²) in [5, 5.41) is 0. The molecule has 0 aliphatic rings. The SMILES string of the molecule is CCCCCCCC[PH](CCCCCCCC)(CCCCCCCC)C(CC)N(C)C. The summed E-state index contributed by atoms with van der Waals surface area (Å²) in [4.78, 5) is 2.65. The number of hydrogen-bond acceptors (Lipinski definition) is 1. The van der Waals surface area contributed by atoms with Gasteiger partial charge in [-0.2, -0.15) is 0 Å². The molecule has 31 heavy (non-hydrogen) atoms. The van der Waals surface area contributed by atoms with E-state index in [1.807, 2.05) is 0 Å². The second kappa shape index (κ2) is 22.2. The van der Waals surface area contributed by atoms with Gasteiger partial charge in [-0.1, -0.05) is 0 Å². The average Bonchev–Trinajstić information content (AvgIpc) is 2.75. The Labute approximate surface area is 200 Å². The molecule has 1 nitrogen and oxygen atoms in total. The van der Waals surface area contributed by atoms with Gasteiger partial charge in [0.1, 0.15) is 0 Å². The van der Waals surface area contributed by atoms with Crippen LogP contribution in [-0.2, 0) is 0 Å². The maximum absolute atomic E-state index is 2.65. The second-order valence-corrected chi connectivity index (χ2v) is 15.7. The molecule has 1 atom stereocenters. The number of rotatable bonds is 24. The molecule has 0 saturated heterocycles. The van der Waals surface area contributed by atoms with Gasteiger partial charge in [0.05, 0.1) is 0 Å². The zero-order valence-electron chi connectivity index (χ0n) is 23.1. The van der Waals surface area contributed by atoms with Gasteiger partial charge in [-0.15, -0.1) is 0 Å². The molecule has 2 heteroatoms. The van der Waals surface area contributed by atoms with Gasteiger partial charge >= 0.3 is 200 Å². The Morgan fingerprint density at radius 3 is 1.00 bits per heavy atom. The number of nitrogens with zero attached hydrogens (tertiary/aromatic N) is 1. The van der Waals surface area contributed by atoms with E-state index >= 15 is 0 Å². The normalized spacial score (nSPS) is 13.8. The van der Waals surface area contributed by atoms with Crippen molar-refractivity contribution in [3.63, 3.8) is 0 Å². The zero-order chi connectivity index (χ0) is 23.2. The van der Waals surface area contributed by atoms with Crippen LogP contribution in [-0.4, -0.2) is 43.3 Å². The van der Waals surface area contributed by atoms with Crippen LogP contribution in [0.15, 0.2) is 0 Å². The molecule has 0 fully saturated rings. The van der Waals surface area contributed by atoms with E-state index in [4.69, 9.17) is 0 Å². The minimum atomic E-state index is -1.27. The first-order valence-electron chi connectivity index (χ1n) is 14.7. The molecular weight excluding hydrogens is 393 g/mol. The Hall–Kier alpha value is 0.390. The van der Waals surface area contributed by atoms with Crippen molar-refractivity contribution >= 4 is 7.26 Å². The molecule has 0 amide bonds. The van der Waals surface area contributed by atoms with Gasteiger partial charge < -0.3 is 0 Å². The van der Waals surface area contributed by atoms with E-state index in [1.165, 1.54) is 122 Å². The summed E-state index contributed by atoms with van der Waals surface area (Å²) in [6.45, 7) is 9.49. The average molecular weight is 458 g/mol. The van der Waals surface area contributed by atoms with Gasteiger partial charge in [0.2, 0.25) is 0 Å². The van der Waals surface area contributed by atoms with E-state index in [0.717, 1.165) is 5.78 Å². The molecule has 0 bridgehead atoms. The molecule has 0 radical (unpaired) electrons. The molecule has 1 unspecified atom stereocenters. The molecule has 0 rings (SSSR count). The summed E-state index contributed by atoms with van der Waals surface area (Å²) in [5.41, 5.74) is 0. The molecule has 190 valence electrons. The fourth-order valence-electron chi connectivity index (χ4n) is 5.99. The van der Waals surface area contributed by atoms with Gasteiger partial charge in [-0.05, 0) is 0 Å². The summed E-state index contributed by atoms with van der Waals surface area (Å²) in [6.07, 6.45) is 32.5. The second-order valence-electron chi connectivity index (χ2n) is 10.8. The van der Waals surface area contributed by atoms with E-state index in [0.29, 0.717) is 0 Å². The Balaban J connectivity index is 4.98. The van der Waals surface area contributed by atoms with Crippen LogP contribution in [0.3, 0.4) is 0 Å². The summed E-state index contributed by atoms with van der Waals surface area (Å²) in [6, 6.07) is 0. The van der Waals surface area contributed by atoms with E-state index in [2.05, 4.69) is 46.7 Å². The van der Waals surface area contributed by atoms with Crippen LogP contribution in [0.25, 0.3) is 0 Å². The van der Waals surface area contributed by atoms with E-state index in [1.54, 1.807) is 18.5 Å². The third kappa shape index (κ3) is 15.8. The zero-order valence-corrected chi connectivity index (χ0v) is 24.1. The van der Waals surface area contributed by atoms with E-state index in [9.17, 15) is 0 Å². The molecule has 0 aliphatic heterocycles. The van der Waals surface area contributed by atoms with Gasteiger partial charge in [0.15, 0.2) is 0 Å². The van der Waals surface area contributed by atoms with Crippen molar-refractivity contribution < 1.29 is 0 Å². The van der Waals surface area contributed by atoms with Crippen molar-refractivity contribution in [2.45, 2.75) is 155 Å². The van der Waals surface area contributed by atoms with Crippen LogP contribution in [0.1, 0.15) is 150 Å². The van der Waals surface area contributed by atoms with Crippen LogP contribution in [0.5, 0.6) is 0 Å². The summed E-state index contributed by atoms with van der Waals surface area (Å²) in [7, 11) is 3.51. The summed E-state index contributed by atoms with van der Waals surface area (Å²) >= 11 is 0. The Morgan fingerprint density at radius 2 is 0.742 bits per heavy atom. The first kappa shape index (κ1) is 31.4. The Morgan fingerprint density at radius 1 is 0.452 bits per heavy atom. The summed E-state index contributed by atoms with van der Waals surface area (Å²) < 4.78 is 0. The van der Waals surface area contributed by atoms with E-state index in [-0.39, 0.29) is 0 Å². The molecule has 0 aromatic rings. The van der Waals surface area contributed by atoms with Crippen LogP contribution in [0.2, 0.25) is 0 Å². The van der Waals surface area contributed by atoms with Crippen molar-refractivity contribution in [1.82, 2.24) is 4.90 Å². The first-order valence-corrected chi connectivity index (χ1v) is 17.4. The first-order chi connectivity index (χ1) is 15.1. The van der Waals surface area contributed by atoms with Gasteiger partial charge in [0, 0.05) is 0 Å². The number of hydrogen-bond donors (Lipinski definition) is 0. The van der Waals surface area contributed by atoms with Crippen molar-refractivity contribution in [3.05, 3.63) is 0 Å². The molecule has 0 N–H and O–H groups in total. The molecule has 0 aromatic carbocycles. The van der Waals surface area contributed by atoms with Crippen LogP contribution in [0, 0.1) is 0 Å². The Kier molecular flexibility index (Phi) is 22.5. The predicted octanol–water partition coefficient (Wildman–Crippen LogP) is 10.1. The molecular formula is C29H64NP. The molecule has 0 spiro atoms.